The van der Waals surface area contributed by atoms with Gasteiger partial charge in [0, 0.05) is 22.6 Å². The Balaban J connectivity index is 1.84. The Kier molecular flexibility index (Phi) is 4.06. The van der Waals surface area contributed by atoms with Crippen molar-refractivity contribution in [3.8, 4) is 0 Å². The molecule has 4 rings (SSSR count). The van der Waals surface area contributed by atoms with Gasteiger partial charge >= 0.3 is 0 Å². The monoisotopic (exact) mass is 472 g/mol. The standard InChI is InChI=1S/C20H23Br2FO2/c1-18-6-5-13-11(12(18)3-4-17(18)25)8-20(22,10-21)16-7-15(24)14(23)9-19(13,16)2/h7,9,11-13H,3-6,8,10H2,1-2H3/t11-,12-,13-,18-,19+,20-/m0/s1. The van der Waals surface area contributed by atoms with Crippen LogP contribution in [-0.2, 0) is 9.59 Å². The molecule has 136 valence electrons. The van der Waals surface area contributed by atoms with Crippen LogP contribution in [0.4, 0.5) is 4.39 Å². The average Bonchev–Trinajstić information content (AvgIpc) is 2.86. The molecule has 0 spiro atoms. The van der Waals surface area contributed by atoms with Gasteiger partial charge in [-0.3, -0.25) is 9.59 Å². The van der Waals surface area contributed by atoms with Crippen LogP contribution in [0.15, 0.2) is 23.6 Å². The van der Waals surface area contributed by atoms with E-state index in [1.165, 1.54) is 6.08 Å². The van der Waals surface area contributed by atoms with Crippen LogP contribution in [0.2, 0.25) is 0 Å². The number of carbonyl (C=O) groups is 2. The molecule has 0 bridgehead atoms. The first-order chi connectivity index (χ1) is 11.7. The summed E-state index contributed by atoms with van der Waals surface area (Å²) in [7, 11) is 0. The maximum Gasteiger partial charge on any atom is 0.213 e. The van der Waals surface area contributed by atoms with Crippen LogP contribution in [0.5, 0.6) is 0 Å². The zero-order valence-corrected chi connectivity index (χ0v) is 17.8. The third kappa shape index (κ3) is 2.30. The van der Waals surface area contributed by atoms with Crippen LogP contribution < -0.4 is 0 Å². The molecule has 2 nitrogen and oxygen atoms in total. The van der Waals surface area contributed by atoms with Crippen molar-refractivity contribution >= 4 is 43.4 Å². The lowest BCUT2D eigenvalue weighted by Crippen LogP contribution is -2.56. The number of carbonyl (C=O) groups excluding carboxylic acids is 2. The highest BCUT2D eigenvalue weighted by Gasteiger charge is 2.63. The molecule has 3 saturated carbocycles. The number of fused-ring (bicyclic) bond motifs is 5. The van der Waals surface area contributed by atoms with Gasteiger partial charge in [0.25, 0.3) is 0 Å². The van der Waals surface area contributed by atoms with Crippen molar-refractivity contribution in [3.05, 3.63) is 23.6 Å². The molecule has 0 amide bonds. The van der Waals surface area contributed by atoms with Crippen molar-refractivity contribution in [2.24, 2.45) is 28.6 Å². The van der Waals surface area contributed by atoms with Crippen molar-refractivity contribution < 1.29 is 14.0 Å². The minimum atomic E-state index is -0.632. The van der Waals surface area contributed by atoms with Crippen LogP contribution in [0.1, 0.15) is 46.0 Å². The number of ketones is 2. The SMILES string of the molecule is C[C@]12C=C(F)C(=O)C=C1[C@@](Br)(CBr)C[C@@H]1[C@@H]2CC[C@]2(C)C(=O)CC[C@@H]12. The summed E-state index contributed by atoms with van der Waals surface area (Å²) < 4.78 is 13.9. The number of alkyl halides is 2. The molecule has 0 aliphatic heterocycles. The molecule has 0 radical (unpaired) electrons. The molecule has 0 aromatic heterocycles. The largest absolute Gasteiger partial charge is 0.299 e. The maximum absolute atomic E-state index is 14.3. The summed E-state index contributed by atoms with van der Waals surface area (Å²) in [4.78, 5) is 24.6. The molecule has 5 heteroatoms. The van der Waals surface area contributed by atoms with Crippen LogP contribution in [0, 0.1) is 28.6 Å². The van der Waals surface area contributed by atoms with Crippen molar-refractivity contribution in [2.75, 3.05) is 5.33 Å². The van der Waals surface area contributed by atoms with Gasteiger partial charge in [-0.05, 0) is 61.2 Å². The van der Waals surface area contributed by atoms with Crippen molar-refractivity contribution in [1.29, 1.82) is 0 Å². The van der Waals surface area contributed by atoms with E-state index in [1.807, 2.05) is 0 Å². The highest BCUT2D eigenvalue weighted by Crippen LogP contribution is 2.67. The van der Waals surface area contributed by atoms with Crippen molar-refractivity contribution in [2.45, 2.75) is 50.3 Å². The molecule has 6 atom stereocenters. The van der Waals surface area contributed by atoms with E-state index in [2.05, 4.69) is 45.7 Å². The average molecular weight is 474 g/mol. The van der Waals surface area contributed by atoms with E-state index >= 15 is 0 Å². The topological polar surface area (TPSA) is 34.1 Å². The first kappa shape index (κ1) is 18.1. The lowest BCUT2D eigenvalue weighted by molar-refractivity contribution is -0.131. The predicted molar refractivity (Wildman–Crippen MR) is 103 cm³/mol. The minimum absolute atomic E-state index is 0.217. The quantitative estimate of drug-likeness (QED) is 0.484. The molecule has 3 fully saturated rings. The van der Waals surface area contributed by atoms with Crippen LogP contribution in [0.3, 0.4) is 0 Å². The van der Waals surface area contributed by atoms with Gasteiger partial charge in [-0.25, -0.2) is 4.39 Å². The summed E-state index contributed by atoms with van der Waals surface area (Å²) >= 11 is 7.53. The number of allylic oxidation sites excluding steroid dienone is 4. The third-order valence-electron chi connectivity index (χ3n) is 7.69. The Morgan fingerprint density at radius 1 is 1.24 bits per heavy atom. The Morgan fingerprint density at radius 3 is 2.64 bits per heavy atom. The summed E-state index contributed by atoms with van der Waals surface area (Å²) in [5, 5.41) is 0.671. The van der Waals surface area contributed by atoms with Gasteiger partial charge in [0.05, 0.1) is 4.32 Å². The molecule has 0 saturated heterocycles. The van der Waals surface area contributed by atoms with Gasteiger partial charge in [-0.15, -0.1) is 0 Å². The third-order valence-corrected chi connectivity index (χ3v) is 10.4. The molecule has 0 aromatic carbocycles. The van der Waals surface area contributed by atoms with Gasteiger partial charge in [-0.2, -0.15) is 0 Å². The Morgan fingerprint density at radius 2 is 1.96 bits per heavy atom. The van der Waals surface area contributed by atoms with Gasteiger partial charge in [0.15, 0.2) is 5.83 Å². The summed E-state index contributed by atoms with van der Waals surface area (Å²) in [6.07, 6.45) is 7.40. The van der Waals surface area contributed by atoms with E-state index in [9.17, 15) is 14.0 Å². The molecule has 0 N–H and O–H groups in total. The van der Waals surface area contributed by atoms with Crippen molar-refractivity contribution in [3.63, 3.8) is 0 Å². The highest BCUT2D eigenvalue weighted by molar-refractivity contribution is 9.12. The highest BCUT2D eigenvalue weighted by atomic mass is 79.9. The van der Waals surface area contributed by atoms with E-state index in [-0.39, 0.29) is 15.7 Å². The van der Waals surface area contributed by atoms with Crippen LogP contribution in [0.25, 0.3) is 0 Å². The lowest BCUT2D eigenvalue weighted by atomic mass is 9.46. The minimum Gasteiger partial charge on any atom is -0.299 e. The van der Waals surface area contributed by atoms with E-state index in [1.54, 1.807) is 6.08 Å². The number of Topliss-reactive ketones (excluding diaryl/α,β-unsaturated/α-hetero) is 1. The van der Waals surface area contributed by atoms with E-state index < -0.39 is 17.0 Å². The van der Waals surface area contributed by atoms with E-state index in [4.69, 9.17) is 0 Å². The molecule has 0 unspecified atom stereocenters. The molecule has 4 aliphatic rings. The summed E-state index contributed by atoms with van der Waals surface area (Å²) in [5.74, 6) is 0.261. The Hall–Kier alpha value is -0.290. The molecule has 25 heavy (non-hydrogen) atoms. The second kappa shape index (κ2) is 5.60. The second-order valence-corrected chi connectivity index (χ2v) is 10.9. The van der Waals surface area contributed by atoms with Gasteiger partial charge in [0.1, 0.15) is 5.78 Å². The first-order valence-corrected chi connectivity index (χ1v) is 11.0. The zero-order valence-electron chi connectivity index (χ0n) is 14.6. The normalized spacial score (nSPS) is 49.1. The number of halogens is 3. The molecule has 0 aromatic rings. The number of hydrogen-bond acceptors (Lipinski definition) is 2. The second-order valence-electron chi connectivity index (χ2n) is 8.80. The van der Waals surface area contributed by atoms with E-state index in [0.717, 1.165) is 31.3 Å². The zero-order chi connectivity index (χ0) is 18.2. The fourth-order valence-electron chi connectivity index (χ4n) is 6.38. The van der Waals surface area contributed by atoms with Gasteiger partial charge in [0.2, 0.25) is 5.78 Å². The summed E-state index contributed by atoms with van der Waals surface area (Å²) in [6, 6.07) is 0. The Labute approximate surface area is 164 Å². The Bertz CT molecular complexity index is 729. The summed E-state index contributed by atoms with van der Waals surface area (Å²) in [6.45, 7) is 4.22. The lowest BCUT2D eigenvalue weighted by Gasteiger charge is -2.59. The van der Waals surface area contributed by atoms with E-state index in [0.29, 0.717) is 29.4 Å². The maximum atomic E-state index is 14.3. The fraction of sp³-hybridized carbons (Fsp3) is 0.700. The number of hydrogen-bond donors (Lipinski definition) is 0. The van der Waals surface area contributed by atoms with Crippen LogP contribution >= 0.6 is 31.9 Å². The first-order valence-electron chi connectivity index (χ1n) is 9.09. The van der Waals surface area contributed by atoms with Gasteiger partial charge in [-0.1, -0.05) is 45.7 Å². The molecular weight excluding hydrogens is 451 g/mol. The molecular formula is C20H23Br2FO2. The summed E-state index contributed by atoms with van der Waals surface area (Å²) in [5.41, 5.74) is 0.314. The molecule has 4 aliphatic carbocycles. The van der Waals surface area contributed by atoms with Crippen molar-refractivity contribution in [1.82, 2.24) is 0 Å². The van der Waals surface area contributed by atoms with Gasteiger partial charge < -0.3 is 0 Å². The smallest absolute Gasteiger partial charge is 0.213 e. The molecule has 0 heterocycles. The predicted octanol–water partition coefficient (Wildman–Crippen LogP) is 5.30. The number of rotatable bonds is 1. The van der Waals surface area contributed by atoms with Crippen LogP contribution in [-0.4, -0.2) is 21.2 Å². The fourth-order valence-corrected chi connectivity index (χ4v) is 7.83.